The van der Waals surface area contributed by atoms with Gasteiger partial charge in [-0.05, 0) is 29.8 Å². The number of benzene rings is 2. The monoisotopic (exact) mass is 408 g/mol. The Hall–Kier alpha value is -3.52. The Labute approximate surface area is 171 Å². The molecule has 0 saturated carbocycles. The van der Waals surface area contributed by atoms with Crippen LogP contribution in [0.3, 0.4) is 0 Å². The first-order valence-electron chi connectivity index (χ1n) is 8.97. The van der Waals surface area contributed by atoms with Gasteiger partial charge in [0.05, 0.1) is 11.1 Å². The van der Waals surface area contributed by atoms with E-state index in [1.165, 1.54) is 0 Å². The Morgan fingerprint density at radius 3 is 2.72 bits per heavy atom. The van der Waals surface area contributed by atoms with Crippen molar-refractivity contribution >= 4 is 34.4 Å². The standard InChI is InChI=1S/C20H17ClN6O2/c1-27-18(22)16-17(12-3-5-13(21)6-4-12)24-20(25-19(16)26-27)23-9-11-2-7-14-15(8-11)29-10-28-14/h2-8H,9-10,22H2,1H3,(H,23,25,26). The zero-order valence-electron chi connectivity index (χ0n) is 15.5. The number of nitrogens with one attached hydrogen (secondary N) is 1. The highest BCUT2D eigenvalue weighted by atomic mass is 35.5. The second-order valence-electron chi connectivity index (χ2n) is 6.65. The molecule has 3 heterocycles. The Morgan fingerprint density at radius 2 is 1.90 bits per heavy atom. The molecule has 0 fully saturated rings. The lowest BCUT2D eigenvalue weighted by atomic mass is 10.1. The Bertz CT molecular complexity index is 1220. The van der Waals surface area contributed by atoms with Crippen LogP contribution in [0.25, 0.3) is 22.3 Å². The lowest BCUT2D eigenvalue weighted by Crippen LogP contribution is -2.05. The highest BCUT2D eigenvalue weighted by Crippen LogP contribution is 2.33. The lowest BCUT2D eigenvalue weighted by Gasteiger charge is -2.09. The molecule has 8 nitrogen and oxygen atoms in total. The number of nitrogens with zero attached hydrogens (tertiary/aromatic N) is 4. The molecule has 2 aromatic heterocycles. The summed E-state index contributed by atoms with van der Waals surface area (Å²) in [5, 5.41) is 9.04. The highest BCUT2D eigenvalue weighted by molar-refractivity contribution is 6.30. The molecule has 29 heavy (non-hydrogen) atoms. The molecule has 0 unspecified atom stereocenters. The molecule has 0 atom stereocenters. The molecule has 5 rings (SSSR count). The number of nitrogens with two attached hydrogens (primary N) is 1. The molecule has 9 heteroatoms. The average Bonchev–Trinajstić information content (AvgIpc) is 3.30. The summed E-state index contributed by atoms with van der Waals surface area (Å²) < 4.78 is 12.4. The second kappa shape index (κ2) is 6.82. The molecule has 0 bridgehead atoms. The molecule has 1 aliphatic heterocycles. The van der Waals surface area contributed by atoms with Crippen LogP contribution < -0.4 is 20.5 Å². The summed E-state index contributed by atoms with van der Waals surface area (Å²) in [5.74, 6) is 2.45. The maximum absolute atomic E-state index is 6.22. The topological polar surface area (TPSA) is 100 Å². The van der Waals surface area contributed by atoms with Crippen LogP contribution in [0.4, 0.5) is 11.8 Å². The van der Waals surface area contributed by atoms with Crippen LogP contribution in [0.5, 0.6) is 11.5 Å². The number of rotatable bonds is 4. The Balaban J connectivity index is 1.51. The van der Waals surface area contributed by atoms with Crippen molar-refractivity contribution in [2.45, 2.75) is 6.54 Å². The Kier molecular flexibility index (Phi) is 4.13. The number of anilines is 2. The predicted molar refractivity (Wildman–Crippen MR) is 111 cm³/mol. The molecular formula is C20H17ClN6O2. The molecule has 1 aliphatic rings. The first-order valence-corrected chi connectivity index (χ1v) is 9.35. The fourth-order valence-electron chi connectivity index (χ4n) is 3.24. The van der Waals surface area contributed by atoms with Crippen LogP contribution in [0, 0.1) is 0 Å². The number of ether oxygens (including phenoxy) is 2. The van der Waals surface area contributed by atoms with E-state index in [1.807, 2.05) is 42.5 Å². The number of hydrogen-bond acceptors (Lipinski definition) is 7. The van der Waals surface area contributed by atoms with Gasteiger partial charge in [0.25, 0.3) is 0 Å². The van der Waals surface area contributed by atoms with Gasteiger partial charge in [-0.2, -0.15) is 10.1 Å². The zero-order valence-corrected chi connectivity index (χ0v) is 16.3. The van der Waals surface area contributed by atoms with Gasteiger partial charge < -0.3 is 20.5 Å². The summed E-state index contributed by atoms with van der Waals surface area (Å²) in [7, 11) is 1.78. The van der Waals surface area contributed by atoms with Crippen molar-refractivity contribution < 1.29 is 9.47 Å². The maximum Gasteiger partial charge on any atom is 0.231 e. The van der Waals surface area contributed by atoms with Crippen molar-refractivity contribution in [3.05, 3.63) is 53.1 Å². The average molecular weight is 409 g/mol. The predicted octanol–water partition coefficient (Wildman–Crippen LogP) is 3.61. The second-order valence-corrected chi connectivity index (χ2v) is 7.09. The van der Waals surface area contributed by atoms with Gasteiger partial charge in [0.2, 0.25) is 12.7 Å². The van der Waals surface area contributed by atoms with Gasteiger partial charge in [0.15, 0.2) is 17.1 Å². The van der Waals surface area contributed by atoms with Crippen molar-refractivity contribution in [1.29, 1.82) is 0 Å². The fraction of sp³-hybridized carbons (Fsp3) is 0.150. The molecule has 0 radical (unpaired) electrons. The van der Waals surface area contributed by atoms with E-state index in [9.17, 15) is 0 Å². The quantitative estimate of drug-likeness (QED) is 0.532. The van der Waals surface area contributed by atoms with Crippen molar-refractivity contribution in [1.82, 2.24) is 19.7 Å². The summed E-state index contributed by atoms with van der Waals surface area (Å²) >= 11 is 6.04. The molecule has 3 N–H and O–H groups in total. The van der Waals surface area contributed by atoms with Gasteiger partial charge >= 0.3 is 0 Å². The Morgan fingerprint density at radius 1 is 1.10 bits per heavy atom. The third-order valence-electron chi connectivity index (χ3n) is 4.74. The van der Waals surface area contributed by atoms with Gasteiger partial charge in [-0.25, -0.2) is 4.98 Å². The van der Waals surface area contributed by atoms with E-state index < -0.39 is 0 Å². The first kappa shape index (κ1) is 17.6. The van der Waals surface area contributed by atoms with Gasteiger partial charge in [-0.1, -0.05) is 29.8 Å². The van der Waals surface area contributed by atoms with Crippen molar-refractivity contribution in [3.63, 3.8) is 0 Å². The summed E-state index contributed by atoms with van der Waals surface area (Å²) in [6.07, 6.45) is 0. The third kappa shape index (κ3) is 3.17. The minimum Gasteiger partial charge on any atom is -0.454 e. The minimum atomic E-state index is 0.248. The van der Waals surface area contributed by atoms with Gasteiger partial charge in [-0.3, -0.25) is 4.68 Å². The van der Waals surface area contributed by atoms with Crippen molar-refractivity contribution in [2.75, 3.05) is 17.8 Å². The van der Waals surface area contributed by atoms with Crippen molar-refractivity contribution in [3.8, 4) is 22.8 Å². The van der Waals surface area contributed by atoms with Crippen LogP contribution in [0.1, 0.15) is 5.56 Å². The summed E-state index contributed by atoms with van der Waals surface area (Å²) in [4.78, 5) is 9.24. The lowest BCUT2D eigenvalue weighted by molar-refractivity contribution is 0.174. The van der Waals surface area contributed by atoms with Crippen LogP contribution in [0.2, 0.25) is 5.02 Å². The molecule has 0 spiro atoms. The molecule has 4 aromatic rings. The van der Waals surface area contributed by atoms with Crippen LogP contribution >= 0.6 is 11.6 Å². The number of nitrogen functional groups attached to an aromatic ring is 1. The van der Waals surface area contributed by atoms with E-state index in [-0.39, 0.29) is 6.79 Å². The number of halogens is 1. The largest absolute Gasteiger partial charge is 0.454 e. The third-order valence-corrected chi connectivity index (χ3v) is 5.00. The van der Waals surface area contributed by atoms with Crippen LogP contribution in [-0.2, 0) is 13.6 Å². The van der Waals surface area contributed by atoms with Gasteiger partial charge in [0, 0.05) is 24.2 Å². The molecule has 0 amide bonds. The van der Waals surface area contributed by atoms with E-state index in [0.717, 1.165) is 22.6 Å². The van der Waals surface area contributed by atoms with E-state index in [1.54, 1.807) is 11.7 Å². The summed E-state index contributed by atoms with van der Waals surface area (Å²) in [6.45, 7) is 0.766. The zero-order chi connectivity index (χ0) is 20.0. The molecule has 2 aromatic carbocycles. The smallest absolute Gasteiger partial charge is 0.231 e. The number of aryl methyl sites for hydroxylation is 1. The minimum absolute atomic E-state index is 0.248. The summed E-state index contributed by atoms with van der Waals surface area (Å²) in [6, 6.07) is 13.2. The van der Waals surface area contributed by atoms with E-state index in [2.05, 4.69) is 15.4 Å². The molecule has 0 saturated heterocycles. The number of fused-ring (bicyclic) bond motifs is 2. The number of hydrogen-bond donors (Lipinski definition) is 2. The van der Waals surface area contributed by atoms with E-state index >= 15 is 0 Å². The normalized spacial score (nSPS) is 12.5. The van der Waals surface area contributed by atoms with Crippen molar-refractivity contribution in [2.24, 2.45) is 7.05 Å². The highest BCUT2D eigenvalue weighted by Gasteiger charge is 2.18. The molecule has 0 aliphatic carbocycles. The summed E-state index contributed by atoms with van der Waals surface area (Å²) in [5.41, 5.74) is 9.35. The maximum atomic E-state index is 6.22. The molecular weight excluding hydrogens is 392 g/mol. The molecule has 146 valence electrons. The van der Waals surface area contributed by atoms with E-state index in [0.29, 0.717) is 40.1 Å². The van der Waals surface area contributed by atoms with Crippen LogP contribution in [0.15, 0.2) is 42.5 Å². The fourth-order valence-corrected chi connectivity index (χ4v) is 3.37. The first-order chi connectivity index (χ1) is 14.1. The number of aromatic nitrogens is 4. The van der Waals surface area contributed by atoms with Crippen LogP contribution in [-0.4, -0.2) is 26.5 Å². The van der Waals surface area contributed by atoms with E-state index in [4.69, 9.17) is 31.8 Å². The van der Waals surface area contributed by atoms with Gasteiger partial charge in [-0.15, -0.1) is 0 Å². The SMILES string of the molecule is Cn1nc2nc(NCc3ccc4c(c3)OCO4)nc(-c3ccc(Cl)cc3)c2c1N. The van der Waals surface area contributed by atoms with Gasteiger partial charge in [0.1, 0.15) is 5.82 Å².